The van der Waals surface area contributed by atoms with Gasteiger partial charge in [-0.05, 0) is 18.1 Å². The van der Waals surface area contributed by atoms with Gasteiger partial charge in [0.2, 0.25) is 0 Å². The molecule has 2 aromatic rings. The number of benzene rings is 1. The Morgan fingerprint density at radius 2 is 2.05 bits per heavy atom. The monoisotopic (exact) mass is 291 g/mol. The highest BCUT2D eigenvalue weighted by Gasteiger charge is 2.12. The van der Waals surface area contributed by atoms with Crippen LogP contribution in [-0.2, 0) is 20.0 Å². The van der Waals surface area contributed by atoms with Crippen molar-refractivity contribution in [1.82, 2.24) is 15.1 Å². The highest BCUT2D eigenvalue weighted by Crippen LogP contribution is 2.31. The Balaban J connectivity index is 2.29. The number of nitrogens with one attached hydrogen (secondary N) is 1. The lowest BCUT2D eigenvalue weighted by Crippen LogP contribution is -2.21. The standard InChI is InChI=1S/C16H22ClN3/c1-5-16-14(10-20(4)19-16)13-7-6-12(8-15(13)17)9-18-11(2)3/h6-8,10-11,18H,5,9H2,1-4H3. The van der Waals surface area contributed by atoms with E-state index in [0.717, 1.165) is 34.8 Å². The molecule has 1 heterocycles. The SMILES string of the molecule is CCc1nn(C)cc1-c1ccc(CNC(C)C)cc1Cl. The Kier molecular flexibility index (Phi) is 4.84. The molecule has 0 fully saturated rings. The van der Waals surface area contributed by atoms with Crippen molar-refractivity contribution in [3.8, 4) is 11.1 Å². The van der Waals surface area contributed by atoms with Crippen molar-refractivity contribution in [2.75, 3.05) is 0 Å². The summed E-state index contributed by atoms with van der Waals surface area (Å²) in [6.07, 6.45) is 2.94. The molecule has 0 atom stereocenters. The van der Waals surface area contributed by atoms with Gasteiger partial charge in [0.25, 0.3) is 0 Å². The van der Waals surface area contributed by atoms with Crippen LogP contribution in [0.2, 0.25) is 5.02 Å². The van der Waals surface area contributed by atoms with E-state index < -0.39 is 0 Å². The third-order valence-corrected chi connectivity index (χ3v) is 3.59. The zero-order valence-corrected chi connectivity index (χ0v) is 13.3. The molecule has 1 aromatic carbocycles. The van der Waals surface area contributed by atoms with Crippen LogP contribution in [0.25, 0.3) is 11.1 Å². The zero-order valence-electron chi connectivity index (χ0n) is 12.6. The predicted molar refractivity (Wildman–Crippen MR) is 85.0 cm³/mol. The van der Waals surface area contributed by atoms with Crippen molar-refractivity contribution in [3.05, 3.63) is 40.7 Å². The summed E-state index contributed by atoms with van der Waals surface area (Å²) in [6, 6.07) is 6.73. The van der Waals surface area contributed by atoms with Gasteiger partial charge in [0.1, 0.15) is 0 Å². The van der Waals surface area contributed by atoms with Crippen molar-refractivity contribution >= 4 is 11.6 Å². The third kappa shape index (κ3) is 3.41. The molecule has 0 amide bonds. The summed E-state index contributed by atoms with van der Waals surface area (Å²) in [7, 11) is 1.94. The van der Waals surface area contributed by atoms with E-state index in [2.05, 4.69) is 43.3 Å². The fourth-order valence-corrected chi connectivity index (χ4v) is 2.53. The van der Waals surface area contributed by atoms with Gasteiger partial charge in [0, 0.05) is 42.0 Å². The molecule has 0 radical (unpaired) electrons. The summed E-state index contributed by atoms with van der Waals surface area (Å²) in [4.78, 5) is 0. The van der Waals surface area contributed by atoms with Gasteiger partial charge in [0.05, 0.1) is 5.69 Å². The maximum atomic E-state index is 6.45. The van der Waals surface area contributed by atoms with Crippen LogP contribution in [0, 0.1) is 0 Å². The Morgan fingerprint density at radius 3 is 2.65 bits per heavy atom. The fraction of sp³-hybridized carbons (Fsp3) is 0.438. The second-order valence-electron chi connectivity index (χ2n) is 5.37. The number of nitrogens with zero attached hydrogens (tertiary/aromatic N) is 2. The maximum absolute atomic E-state index is 6.45. The summed E-state index contributed by atoms with van der Waals surface area (Å²) < 4.78 is 1.85. The van der Waals surface area contributed by atoms with E-state index in [0.29, 0.717) is 6.04 Å². The first-order valence-corrected chi connectivity index (χ1v) is 7.43. The lowest BCUT2D eigenvalue weighted by atomic mass is 10.0. The molecule has 0 spiro atoms. The normalized spacial score (nSPS) is 11.3. The number of halogens is 1. The molecule has 4 heteroatoms. The summed E-state index contributed by atoms with van der Waals surface area (Å²) in [6.45, 7) is 7.23. The first-order chi connectivity index (χ1) is 9.51. The predicted octanol–water partition coefficient (Wildman–Crippen LogP) is 3.80. The minimum Gasteiger partial charge on any atom is -0.310 e. The molecule has 0 bridgehead atoms. The largest absolute Gasteiger partial charge is 0.310 e. The van der Waals surface area contributed by atoms with E-state index in [-0.39, 0.29) is 0 Å². The van der Waals surface area contributed by atoms with E-state index in [9.17, 15) is 0 Å². The van der Waals surface area contributed by atoms with Gasteiger partial charge in [0.15, 0.2) is 0 Å². The molecule has 1 aromatic heterocycles. The van der Waals surface area contributed by atoms with Crippen molar-refractivity contribution < 1.29 is 0 Å². The van der Waals surface area contributed by atoms with Gasteiger partial charge in [-0.3, -0.25) is 4.68 Å². The lowest BCUT2D eigenvalue weighted by molar-refractivity contribution is 0.589. The molecule has 0 saturated carbocycles. The maximum Gasteiger partial charge on any atom is 0.0700 e. The van der Waals surface area contributed by atoms with E-state index in [1.807, 2.05) is 24.0 Å². The Morgan fingerprint density at radius 1 is 1.30 bits per heavy atom. The molecule has 0 aliphatic carbocycles. The molecule has 20 heavy (non-hydrogen) atoms. The van der Waals surface area contributed by atoms with E-state index >= 15 is 0 Å². The molecule has 2 rings (SSSR count). The molecule has 0 unspecified atom stereocenters. The average Bonchev–Trinajstić information content (AvgIpc) is 2.77. The van der Waals surface area contributed by atoms with Crippen LogP contribution in [0.5, 0.6) is 0 Å². The quantitative estimate of drug-likeness (QED) is 0.908. The highest BCUT2D eigenvalue weighted by molar-refractivity contribution is 6.33. The zero-order chi connectivity index (χ0) is 14.7. The van der Waals surface area contributed by atoms with Crippen LogP contribution in [-0.4, -0.2) is 15.8 Å². The molecule has 0 aliphatic rings. The van der Waals surface area contributed by atoms with Crippen molar-refractivity contribution in [3.63, 3.8) is 0 Å². The van der Waals surface area contributed by atoms with Gasteiger partial charge in [-0.25, -0.2) is 0 Å². The van der Waals surface area contributed by atoms with Gasteiger partial charge >= 0.3 is 0 Å². The highest BCUT2D eigenvalue weighted by atomic mass is 35.5. The smallest absolute Gasteiger partial charge is 0.0700 e. The van der Waals surface area contributed by atoms with E-state index in [1.54, 1.807) is 0 Å². The summed E-state index contributed by atoms with van der Waals surface area (Å²) >= 11 is 6.45. The Labute approximate surface area is 126 Å². The summed E-state index contributed by atoms with van der Waals surface area (Å²) in [5.74, 6) is 0. The molecule has 3 nitrogen and oxygen atoms in total. The minimum absolute atomic E-state index is 0.471. The van der Waals surface area contributed by atoms with Crippen LogP contribution < -0.4 is 5.32 Å². The summed E-state index contributed by atoms with van der Waals surface area (Å²) in [5, 5.41) is 8.66. The number of hydrogen-bond donors (Lipinski definition) is 1. The topological polar surface area (TPSA) is 29.9 Å². The van der Waals surface area contributed by atoms with Gasteiger partial charge in [-0.15, -0.1) is 0 Å². The van der Waals surface area contributed by atoms with E-state index in [1.165, 1.54) is 5.56 Å². The fourth-order valence-electron chi connectivity index (χ4n) is 2.23. The minimum atomic E-state index is 0.471. The van der Waals surface area contributed by atoms with Crippen LogP contribution in [0.4, 0.5) is 0 Å². The van der Waals surface area contributed by atoms with Gasteiger partial charge in [-0.1, -0.05) is 44.5 Å². The van der Waals surface area contributed by atoms with Crippen LogP contribution in [0.3, 0.4) is 0 Å². The van der Waals surface area contributed by atoms with Crippen molar-refractivity contribution in [2.24, 2.45) is 7.05 Å². The second-order valence-corrected chi connectivity index (χ2v) is 5.77. The first-order valence-electron chi connectivity index (χ1n) is 7.06. The third-order valence-electron chi connectivity index (χ3n) is 3.28. The summed E-state index contributed by atoms with van der Waals surface area (Å²) in [5.41, 5.74) is 4.48. The first kappa shape index (κ1) is 15.1. The molecule has 108 valence electrons. The van der Waals surface area contributed by atoms with E-state index in [4.69, 9.17) is 11.6 Å². The number of hydrogen-bond acceptors (Lipinski definition) is 2. The molecule has 1 N–H and O–H groups in total. The number of aryl methyl sites for hydroxylation is 2. The second kappa shape index (κ2) is 6.42. The molecule has 0 aliphatic heterocycles. The molecular formula is C16H22ClN3. The lowest BCUT2D eigenvalue weighted by Gasteiger charge is -2.10. The van der Waals surface area contributed by atoms with Crippen LogP contribution in [0.1, 0.15) is 32.0 Å². The van der Waals surface area contributed by atoms with Gasteiger partial charge < -0.3 is 5.32 Å². The Bertz CT molecular complexity index is 587. The van der Waals surface area contributed by atoms with Crippen molar-refractivity contribution in [1.29, 1.82) is 0 Å². The van der Waals surface area contributed by atoms with Crippen LogP contribution >= 0.6 is 11.6 Å². The molecular weight excluding hydrogens is 270 g/mol. The van der Waals surface area contributed by atoms with Crippen molar-refractivity contribution in [2.45, 2.75) is 39.8 Å². The van der Waals surface area contributed by atoms with Gasteiger partial charge in [-0.2, -0.15) is 5.10 Å². The van der Waals surface area contributed by atoms with Crippen LogP contribution in [0.15, 0.2) is 24.4 Å². The number of aromatic nitrogens is 2. The molecule has 0 saturated heterocycles. The average molecular weight is 292 g/mol. The number of rotatable bonds is 5. The Hall–Kier alpha value is -1.32.